The highest BCUT2D eigenvalue weighted by Gasteiger charge is 2.12. The molecule has 0 aromatic heterocycles. The second-order valence-electron chi connectivity index (χ2n) is 3.78. The molecule has 1 rings (SSSR count). The maximum absolute atomic E-state index is 11.5. The standard InChI is InChI=1S/C11H13N5O2/c1-7(11(12)18)14-10(17)6-8-2-4-9(5-3-8)15-16-13/h2-5,7,15H,6H2,1H3,(H2-,12,14,17,18)/p+1/t7-/m0/s1. The van der Waals surface area contributed by atoms with Crippen LogP contribution < -0.4 is 16.5 Å². The Morgan fingerprint density at radius 1 is 1.39 bits per heavy atom. The maximum atomic E-state index is 11.5. The highest BCUT2D eigenvalue weighted by Crippen LogP contribution is 2.09. The first-order valence-corrected chi connectivity index (χ1v) is 5.30. The van der Waals surface area contributed by atoms with Crippen LogP contribution in [0.25, 0.3) is 5.08 Å². The molecule has 0 aliphatic rings. The Bertz CT molecular complexity index is 477. The van der Waals surface area contributed by atoms with Crippen LogP contribution in [0, 0.1) is 5.39 Å². The molecule has 0 heterocycles. The summed E-state index contributed by atoms with van der Waals surface area (Å²) >= 11 is 0. The third-order valence-electron chi connectivity index (χ3n) is 2.30. The number of nitrogens with one attached hydrogen (secondary N) is 2. The van der Waals surface area contributed by atoms with Crippen LogP contribution in [-0.4, -0.2) is 17.9 Å². The Morgan fingerprint density at radius 3 is 2.50 bits per heavy atom. The van der Waals surface area contributed by atoms with Crippen LogP contribution in [-0.2, 0) is 16.0 Å². The molecule has 0 unspecified atom stereocenters. The zero-order valence-electron chi connectivity index (χ0n) is 9.88. The van der Waals surface area contributed by atoms with E-state index >= 15 is 0 Å². The van der Waals surface area contributed by atoms with E-state index in [1.54, 1.807) is 24.3 Å². The Labute approximate surface area is 104 Å². The number of primary amides is 1. The Hall–Kier alpha value is -2.62. The van der Waals surface area contributed by atoms with Crippen LogP contribution in [0.3, 0.4) is 0 Å². The van der Waals surface area contributed by atoms with Gasteiger partial charge in [0, 0.05) is 0 Å². The Balaban J connectivity index is 2.55. The van der Waals surface area contributed by atoms with Crippen molar-refractivity contribution in [2.24, 2.45) is 5.73 Å². The summed E-state index contributed by atoms with van der Waals surface area (Å²) in [6.45, 7) is 1.52. The van der Waals surface area contributed by atoms with Crippen molar-refractivity contribution in [3.63, 3.8) is 0 Å². The van der Waals surface area contributed by atoms with Crippen molar-refractivity contribution < 1.29 is 9.59 Å². The monoisotopic (exact) mass is 248 g/mol. The van der Waals surface area contributed by atoms with Gasteiger partial charge in [0.1, 0.15) is 11.7 Å². The third-order valence-corrected chi connectivity index (χ3v) is 2.30. The van der Waals surface area contributed by atoms with Crippen molar-refractivity contribution in [2.75, 3.05) is 5.43 Å². The third kappa shape index (κ3) is 4.09. The van der Waals surface area contributed by atoms with E-state index in [1.165, 1.54) is 6.92 Å². The minimum absolute atomic E-state index is 0.147. The van der Waals surface area contributed by atoms with Crippen LogP contribution in [0.4, 0.5) is 5.69 Å². The van der Waals surface area contributed by atoms with Crippen LogP contribution in [0.15, 0.2) is 24.3 Å². The van der Waals surface area contributed by atoms with Gasteiger partial charge in [0.25, 0.3) is 5.39 Å². The fraction of sp³-hybridized carbons (Fsp3) is 0.273. The number of nitrogens with two attached hydrogens (primary N) is 1. The second-order valence-corrected chi connectivity index (χ2v) is 3.78. The lowest BCUT2D eigenvalue weighted by molar-refractivity contribution is -0.126. The summed E-state index contributed by atoms with van der Waals surface area (Å²) in [6.07, 6.45) is 0.147. The summed E-state index contributed by atoms with van der Waals surface area (Å²) < 4.78 is 0. The topological polar surface area (TPSA) is 112 Å². The number of hydrogen-bond donors (Lipinski definition) is 3. The van der Waals surface area contributed by atoms with E-state index in [0.29, 0.717) is 5.69 Å². The number of diazo groups is 1. The number of carbonyl (C=O) groups excluding carboxylic acids is 2. The molecule has 0 aliphatic heterocycles. The lowest BCUT2D eigenvalue weighted by Crippen LogP contribution is -2.42. The van der Waals surface area contributed by atoms with Gasteiger partial charge in [-0.25, -0.2) is 0 Å². The van der Waals surface area contributed by atoms with Gasteiger partial charge in [-0.05, 0) is 30.0 Å². The summed E-state index contributed by atoms with van der Waals surface area (Å²) in [5.41, 5.74) is 8.76. The van der Waals surface area contributed by atoms with E-state index < -0.39 is 11.9 Å². The molecule has 0 spiro atoms. The quantitative estimate of drug-likeness (QED) is 0.517. The first-order valence-electron chi connectivity index (χ1n) is 5.30. The maximum Gasteiger partial charge on any atom is 0.308 e. The van der Waals surface area contributed by atoms with Gasteiger partial charge in [-0.3, -0.25) is 9.59 Å². The van der Waals surface area contributed by atoms with Gasteiger partial charge in [0.15, 0.2) is 0 Å². The van der Waals surface area contributed by atoms with Gasteiger partial charge >= 0.3 is 5.08 Å². The minimum atomic E-state index is -0.688. The fourth-order valence-electron chi connectivity index (χ4n) is 1.30. The lowest BCUT2D eigenvalue weighted by Gasteiger charge is -2.09. The Morgan fingerprint density at radius 2 is 2.00 bits per heavy atom. The van der Waals surface area contributed by atoms with Crippen LogP contribution in [0.1, 0.15) is 12.5 Å². The predicted octanol–water partition coefficient (Wildman–Crippen LogP) is 0.399. The van der Waals surface area contributed by atoms with Gasteiger partial charge < -0.3 is 11.1 Å². The summed E-state index contributed by atoms with van der Waals surface area (Å²) in [4.78, 5) is 22.3. The zero-order valence-corrected chi connectivity index (χ0v) is 9.88. The second kappa shape index (κ2) is 6.20. The molecule has 0 saturated heterocycles. The van der Waals surface area contributed by atoms with Gasteiger partial charge in [-0.1, -0.05) is 12.1 Å². The molecular weight excluding hydrogens is 234 g/mol. The molecule has 1 atom stereocenters. The first kappa shape index (κ1) is 13.4. The van der Waals surface area contributed by atoms with E-state index in [1.807, 2.05) is 0 Å². The molecule has 2 amide bonds. The van der Waals surface area contributed by atoms with Crippen LogP contribution in [0.5, 0.6) is 0 Å². The molecule has 7 heteroatoms. The van der Waals surface area contributed by atoms with E-state index in [9.17, 15) is 9.59 Å². The molecule has 94 valence electrons. The molecule has 0 saturated carbocycles. The summed E-state index contributed by atoms with van der Waals surface area (Å²) in [5.74, 6) is -0.860. The van der Waals surface area contributed by atoms with Crippen molar-refractivity contribution in [3.8, 4) is 0 Å². The fourth-order valence-corrected chi connectivity index (χ4v) is 1.30. The molecule has 0 bridgehead atoms. The number of anilines is 1. The zero-order chi connectivity index (χ0) is 13.5. The molecule has 0 fully saturated rings. The van der Waals surface area contributed by atoms with Crippen molar-refractivity contribution >= 4 is 17.5 Å². The largest absolute Gasteiger partial charge is 0.368 e. The molecular formula is C11H14N5O2+. The van der Waals surface area contributed by atoms with Gasteiger partial charge in [-0.15, -0.1) is 0 Å². The van der Waals surface area contributed by atoms with E-state index in [2.05, 4.69) is 15.8 Å². The van der Waals surface area contributed by atoms with E-state index in [-0.39, 0.29) is 12.3 Å². The molecule has 1 aromatic rings. The summed E-state index contributed by atoms with van der Waals surface area (Å²) in [7, 11) is 0. The average molecular weight is 248 g/mol. The van der Waals surface area contributed by atoms with Crippen LogP contribution in [0.2, 0.25) is 0 Å². The number of hydrogen-bond acceptors (Lipinski definition) is 4. The normalized spacial score (nSPS) is 11.1. The van der Waals surface area contributed by atoms with Crippen molar-refractivity contribution in [1.82, 2.24) is 5.32 Å². The molecule has 0 aliphatic carbocycles. The van der Waals surface area contributed by atoms with Crippen molar-refractivity contribution in [3.05, 3.63) is 34.9 Å². The van der Waals surface area contributed by atoms with E-state index in [0.717, 1.165) is 5.56 Å². The van der Waals surface area contributed by atoms with Crippen molar-refractivity contribution in [1.29, 1.82) is 5.39 Å². The minimum Gasteiger partial charge on any atom is -0.368 e. The van der Waals surface area contributed by atoms with Crippen LogP contribution >= 0.6 is 0 Å². The predicted molar refractivity (Wildman–Crippen MR) is 65.7 cm³/mol. The molecule has 1 aromatic carbocycles. The number of nitrogens with zero attached hydrogens (tertiary/aromatic N) is 2. The number of carbonyl (C=O) groups is 2. The SMILES string of the molecule is C[C@H](NC(=O)Cc1ccc(N[N+]#N)cc1)C(N)=O. The number of amides is 2. The highest BCUT2D eigenvalue weighted by atomic mass is 16.2. The molecule has 7 nitrogen and oxygen atoms in total. The van der Waals surface area contributed by atoms with Crippen molar-refractivity contribution in [2.45, 2.75) is 19.4 Å². The van der Waals surface area contributed by atoms with Gasteiger partial charge in [0.2, 0.25) is 11.8 Å². The first-order chi connectivity index (χ1) is 8.52. The molecule has 18 heavy (non-hydrogen) atoms. The average Bonchev–Trinajstić information content (AvgIpc) is 2.31. The summed E-state index contributed by atoms with van der Waals surface area (Å²) in [5, 5.41) is 13.5. The van der Waals surface area contributed by atoms with Gasteiger partial charge in [-0.2, -0.15) is 0 Å². The summed E-state index contributed by atoms with van der Waals surface area (Å²) in [6, 6.07) is 6.07. The highest BCUT2D eigenvalue weighted by molar-refractivity contribution is 5.87. The number of rotatable bonds is 5. The molecule has 4 N–H and O–H groups in total. The molecule has 0 radical (unpaired) electrons. The lowest BCUT2D eigenvalue weighted by atomic mass is 10.1. The Kier molecular flexibility index (Phi) is 4.63. The van der Waals surface area contributed by atoms with Gasteiger partial charge in [0.05, 0.1) is 6.42 Å². The van der Waals surface area contributed by atoms with E-state index in [4.69, 9.17) is 11.1 Å². The number of benzene rings is 1. The smallest absolute Gasteiger partial charge is 0.308 e.